The van der Waals surface area contributed by atoms with Gasteiger partial charge in [0.2, 0.25) is 0 Å². The quantitative estimate of drug-likeness (QED) is 0.376. The summed E-state index contributed by atoms with van der Waals surface area (Å²) in [6.07, 6.45) is 10.3. The molecular formula is C35H44O4. The van der Waals surface area contributed by atoms with E-state index in [9.17, 15) is 9.59 Å². The Morgan fingerprint density at radius 3 is 1.95 bits per heavy atom. The van der Waals surface area contributed by atoms with Crippen molar-refractivity contribution in [2.75, 3.05) is 0 Å². The Morgan fingerprint density at radius 2 is 1.28 bits per heavy atom. The lowest BCUT2D eigenvalue weighted by Gasteiger charge is -2.64. The first-order chi connectivity index (χ1) is 18.8. The van der Waals surface area contributed by atoms with Crippen LogP contribution in [0.3, 0.4) is 0 Å². The number of carbonyl (C=O) groups is 2. The molecule has 0 aromatic heterocycles. The van der Waals surface area contributed by atoms with Crippen LogP contribution in [-0.4, -0.2) is 24.1 Å². The van der Waals surface area contributed by atoms with Crippen molar-refractivity contribution in [3.05, 3.63) is 71.8 Å². The van der Waals surface area contributed by atoms with Crippen molar-refractivity contribution in [3.8, 4) is 0 Å². The second-order valence-corrected chi connectivity index (χ2v) is 13.6. The molecule has 39 heavy (non-hydrogen) atoms. The molecule has 2 aromatic rings. The molecule has 0 amide bonds. The van der Waals surface area contributed by atoms with Crippen LogP contribution in [0.4, 0.5) is 0 Å². The number of fused-ring (bicyclic) bond motifs is 5. The van der Waals surface area contributed by atoms with Gasteiger partial charge in [0.25, 0.3) is 0 Å². The SMILES string of the molecule is C[C@@H]1CC[C@H]2[C@@H]3CC[C@H]4C[C@@H](OC(=O)c5ccccc5)CC[C@]4(C)[C@H]3CC[C@]2(C)[C@H]1OC(=O)c1ccccc1. The zero-order valence-electron chi connectivity index (χ0n) is 23.8. The highest BCUT2D eigenvalue weighted by atomic mass is 16.5. The van der Waals surface area contributed by atoms with E-state index < -0.39 is 0 Å². The third-order valence-electron chi connectivity index (χ3n) is 11.7. The molecule has 208 valence electrons. The molecule has 4 heteroatoms. The van der Waals surface area contributed by atoms with Gasteiger partial charge in [-0.15, -0.1) is 0 Å². The fourth-order valence-electron chi connectivity index (χ4n) is 9.62. The fraction of sp³-hybridized carbons (Fsp3) is 0.600. The number of rotatable bonds is 4. The third kappa shape index (κ3) is 4.72. The average Bonchev–Trinajstić information content (AvgIpc) is 2.95. The van der Waals surface area contributed by atoms with Gasteiger partial charge in [0.15, 0.2) is 0 Å². The van der Waals surface area contributed by atoms with Crippen molar-refractivity contribution in [2.24, 2.45) is 40.4 Å². The lowest BCUT2D eigenvalue weighted by atomic mass is 9.42. The summed E-state index contributed by atoms with van der Waals surface area (Å²) in [5.41, 5.74) is 1.64. The number of carbonyl (C=O) groups excluding carboxylic acids is 2. The minimum absolute atomic E-state index is 0.0245. The van der Waals surface area contributed by atoms with Crippen LogP contribution in [0, 0.1) is 40.4 Å². The van der Waals surface area contributed by atoms with Gasteiger partial charge in [-0.1, -0.05) is 57.2 Å². The van der Waals surface area contributed by atoms with E-state index >= 15 is 0 Å². The van der Waals surface area contributed by atoms with Crippen molar-refractivity contribution in [1.29, 1.82) is 0 Å². The second-order valence-electron chi connectivity index (χ2n) is 13.6. The van der Waals surface area contributed by atoms with E-state index in [1.54, 1.807) is 0 Å². The average molecular weight is 529 g/mol. The van der Waals surface area contributed by atoms with Crippen LogP contribution in [0.5, 0.6) is 0 Å². The molecule has 4 fully saturated rings. The van der Waals surface area contributed by atoms with Crippen LogP contribution in [-0.2, 0) is 9.47 Å². The molecule has 0 spiro atoms. The Labute approximate surface area is 233 Å². The van der Waals surface area contributed by atoms with Crippen molar-refractivity contribution in [3.63, 3.8) is 0 Å². The highest BCUT2D eigenvalue weighted by molar-refractivity contribution is 5.89. The smallest absolute Gasteiger partial charge is 0.338 e. The summed E-state index contributed by atoms with van der Waals surface area (Å²) < 4.78 is 12.4. The van der Waals surface area contributed by atoms with Crippen LogP contribution >= 0.6 is 0 Å². The summed E-state index contributed by atoms with van der Waals surface area (Å²) in [6, 6.07) is 18.9. The summed E-state index contributed by atoms with van der Waals surface area (Å²) in [5, 5.41) is 0. The van der Waals surface area contributed by atoms with Crippen molar-refractivity contribution in [1.82, 2.24) is 0 Å². The largest absolute Gasteiger partial charge is 0.459 e. The third-order valence-corrected chi connectivity index (χ3v) is 11.7. The molecule has 4 aliphatic carbocycles. The molecule has 2 aromatic carbocycles. The van der Waals surface area contributed by atoms with Crippen molar-refractivity contribution in [2.45, 2.75) is 90.8 Å². The monoisotopic (exact) mass is 528 g/mol. The number of esters is 2. The Bertz CT molecular complexity index is 1180. The number of ether oxygens (including phenoxy) is 2. The Morgan fingerprint density at radius 1 is 0.692 bits per heavy atom. The maximum atomic E-state index is 13.1. The molecule has 6 rings (SSSR count). The van der Waals surface area contributed by atoms with Crippen LogP contribution in [0.15, 0.2) is 60.7 Å². The molecule has 0 aliphatic heterocycles. The summed E-state index contributed by atoms with van der Waals surface area (Å²) in [7, 11) is 0. The Hall–Kier alpha value is -2.62. The first-order valence-electron chi connectivity index (χ1n) is 15.3. The molecular weight excluding hydrogens is 484 g/mol. The fourth-order valence-corrected chi connectivity index (χ4v) is 9.62. The van der Waals surface area contributed by atoms with E-state index in [0.717, 1.165) is 32.1 Å². The zero-order valence-corrected chi connectivity index (χ0v) is 23.8. The molecule has 4 saturated carbocycles. The van der Waals surface area contributed by atoms with E-state index in [-0.39, 0.29) is 29.6 Å². The summed E-state index contributed by atoms with van der Waals surface area (Å²) in [4.78, 5) is 25.9. The first kappa shape index (κ1) is 26.6. The number of hydrogen-bond donors (Lipinski definition) is 0. The van der Waals surface area contributed by atoms with Gasteiger partial charge in [-0.3, -0.25) is 0 Å². The van der Waals surface area contributed by atoms with E-state index in [2.05, 4.69) is 20.8 Å². The highest BCUT2D eigenvalue weighted by Crippen LogP contribution is 2.66. The molecule has 0 bridgehead atoms. The lowest BCUT2D eigenvalue weighted by Crippen LogP contribution is -2.59. The summed E-state index contributed by atoms with van der Waals surface area (Å²) in [6.45, 7) is 7.26. The number of hydrogen-bond acceptors (Lipinski definition) is 4. The molecule has 4 aliphatic rings. The lowest BCUT2D eigenvalue weighted by molar-refractivity contribution is -0.178. The topological polar surface area (TPSA) is 52.6 Å². The van der Waals surface area contributed by atoms with Gasteiger partial charge in [0.05, 0.1) is 11.1 Å². The Kier molecular flexibility index (Phi) is 7.10. The maximum absolute atomic E-state index is 13.1. The summed E-state index contributed by atoms with van der Waals surface area (Å²) in [5.74, 6) is 2.65. The molecule has 0 N–H and O–H groups in total. The Balaban J connectivity index is 1.16. The van der Waals surface area contributed by atoms with E-state index in [4.69, 9.17) is 9.47 Å². The van der Waals surface area contributed by atoms with Gasteiger partial charge >= 0.3 is 11.9 Å². The molecule has 0 heterocycles. The zero-order chi connectivity index (χ0) is 27.2. The number of benzene rings is 2. The maximum Gasteiger partial charge on any atom is 0.338 e. The van der Waals surface area contributed by atoms with Crippen LogP contribution in [0.2, 0.25) is 0 Å². The van der Waals surface area contributed by atoms with Gasteiger partial charge in [-0.2, -0.15) is 0 Å². The minimum atomic E-state index is -0.182. The van der Waals surface area contributed by atoms with Gasteiger partial charge < -0.3 is 9.47 Å². The predicted octanol–water partition coefficient (Wildman–Crippen LogP) is 8.12. The van der Waals surface area contributed by atoms with Crippen molar-refractivity contribution < 1.29 is 19.1 Å². The van der Waals surface area contributed by atoms with Gasteiger partial charge in [0, 0.05) is 5.41 Å². The van der Waals surface area contributed by atoms with Crippen LogP contribution < -0.4 is 0 Å². The van der Waals surface area contributed by atoms with E-state index in [1.807, 2.05) is 60.7 Å². The van der Waals surface area contributed by atoms with E-state index in [0.29, 0.717) is 46.1 Å². The first-order valence-corrected chi connectivity index (χ1v) is 15.3. The summed E-state index contributed by atoms with van der Waals surface area (Å²) >= 11 is 0. The molecule has 0 saturated heterocycles. The normalized spacial score (nSPS) is 39.4. The molecule has 0 unspecified atom stereocenters. The van der Waals surface area contributed by atoms with Crippen molar-refractivity contribution >= 4 is 11.9 Å². The van der Waals surface area contributed by atoms with E-state index in [1.165, 1.54) is 25.7 Å². The van der Waals surface area contributed by atoms with Gasteiger partial charge in [-0.25, -0.2) is 9.59 Å². The second kappa shape index (κ2) is 10.4. The van der Waals surface area contributed by atoms with Crippen LogP contribution in [0.1, 0.15) is 99.3 Å². The molecule has 9 atom stereocenters. The molecule has 0 radical (unpaired) electrons. The van der Waals surface area contributed by atoms with Crippen LogP contribution in [0.25, 0.3) is 0 Å². The highest BCUT2D eigenvalue weighted by Gasteiger charge is 2.61. The van der Waals surface area contributed by atoms with Gasteiger partial charge in [-0.05, 0) is 117 Å². The standard InChI is InChI=1S/C35H44O4/c1-23-14-17-29-28-16-15-26-22-27(38-32(36)24-10-6-4-7-11-24)18-20-34(26,2)30(28)19-21-35(29,3)31(23)39-33(37)25-12-8-5-9-13-25/h4-13,23,26-31H,14-22H2,1-3H3/t23-,26+,27+,28+,29+,30+,31+,34+,35+/m1/s1. The van der Waals surface area contributed by atoms with Gasteiger partial charge in [0.1, 0.15) is 12.2 Å². The molecule has 4 nitrogen and oxygen atoms in total. The minimum Gasteiger partial charge on any atom is -0.459 e. The predicted molar refractivity (Wildman–Crippen MR) is 152 cm³/mol.